The van der Waals surface area contributed by atoms with Gasteiger partial charge in [-0.3, -0.25) is 0 Å². The zero-order chi connectivity index (χ0) is 18.9. The lowest BCUT2D eigenvalue weighted by Gasteiger charge is -2.32. The monoisotopic (exact) mass is 375 g/mol. The van der Waals surface area contributed by atoms with Gasteiger partial charge in [0.2, 0.25) is 0 Å². The molecule has 1 aliphatic rings. The highest BCUT2D eigenvalue weighted by molar-refractivity contribution is 6.30. The number of nitrogens with one attached hydrogen (secondary N) is 1. The van der Waals surface area contributed by atoms with E-state index >= 15 is 0 Å². The second kappa shape index (κ2) is 7.50. The standard InChI is InChI=1S/C25H26ClN/c1-25(27-2)23-9-5-3-7-20(23)17-19(22-8-4-6-10-24(22)25)14-11-18-12-15-21(26)16-13-18/h3-10,12-13,15-16,19,27H,11,14,17H2,1-2H3. The van der Waals surface area contributed by atoms with E-state index in [0.717, 1.165) is 24.3 Å². The molecule has 4 rings (SSSR count). The molecule has 1 aliphatic carbocycles. The Hall–Kier alpha value is -2.09. The zero-order valence-electron chi connectivity index (χ0n) is 16.0. The van der Waals surface area contributed by atoms with E-state index in [-0.39, 0.29) is 5.54 Å². The maximum atomic E-state index is 6.05. The molecule has 0 saturated heterocycles. The summed E-state index contributed by atoms with van der Waals surface area (Å²) < 4.78 is 0. The molecule has 0 radical (unpaired) electrons. The molecule has 1 N–H and O–H groups in total. The van der Waals surface area contributed by atoms with Crippen LogP contribution in [0.15, 0.2) is 72.8 Å². The summed E-state index contributed by atoms with van der Waals surface area (Å²) >= 11 is 6.05. The van der Waals surface area contributed by atoms with Crippen molar-refractivity contribution in [2.24, 2.45) is 0 Å². The van der Waals surface area contributed by atoms with Crippen LogP contribution < -0.4 is 5.32 Å². The summed E-state index contributed by atoms with van der Waals surface area (Å²) in [6, 6.07) is 26.2. The second-order valence-electron chi connectivity index (χ2n) is 7.69. The summed E-state index contributed by atoms with van der Waals surface area (Å²) in [6.45, 7) is 2.31. The second-order valence-corrected chi connectivity index (χ2v) is 8.12. The highest BCUT2D eigenvalue weighted by Crippen LogP contribution is 2.42. The first kappa shape index (κ1) is 18.3. The molecule has 3 aromatic carbocycles. The predicted molar refractivity (Wildman–Crippen MR) is 115 cm³/mol. The van der Waals surface area contributed by atoms with E-state index in [0.29, 0.717) is 5.92 Å². The van der Waals surface area contributed by atoms with Gasteiger partial charge in [-0.05, 0) is 79.1 Å². The van der Waals surface area contributed by atoms with Gasteiger partial charge in [-0.25, -0.2) is 0 Å². The molecule has 138 valence electrons. The Labute approximate surface area is 167 Å². The molecule has 3 aromatic rings. The van der Waals surface area contributed by atoms with Gasteiger partial charge in [-0.1, -0.05) is 72.3 Å². The number of aryl methyl sites for hydroxylation is 1. The lowest BCUT2D eigenvalue weighted by Crippen LogP contribution is -2.38. The highest BCUT2D eigenvalue weighted by atomic mass is 35.5. The van der Waals surface area contributed by atoms with E-state index in [2.05, 4.69) is 80.0 Å². The maximum Gasteiger partial charge on any atom is 0.0664 e. The van der Waals surface area contributed by atoms with Gasteiger partial charge in [-0.2, -0.15) is 0 Å². The van der Waals surface area contributed by atoms with Crippen LogP contribution in [0.5, 0.6) is 0 Å². The van der Waals surface area contributed by atoms with Gasteiger partial charge in [0.1, 0.15) is 0 Å². The van der Waals surface area contributed by atoms with Gasteiger partial charge in [0, 0.05) is 5.02 Å². The van der Waals surface area contributed by atoms with Crippen molar-refractivity contribution < 1.29 is 0 Å². The molecule has 0 heterocycles. The average Bonchev–Trinajstić information content (AvgIpc) is 2.82. The van der Waals surface area contributed by atoms with Crippen molar-refractivity contribution in [3.8, 4) is 0 Å². The minimum Gasteiger partial charge on any atom is -0.307 e. The molecule has 0 saturated carbocycles. The number of hydrogen-bond donors (Lipinski definition) is 1. The minimum atomic E-state index is -0.164. The lowest BCUT2D eigenvalue weighted by atomic mass is 9.81. The van der Waals surface area contributed by atoms with Crippen LogP contribution in [0.25, 0.3) is 0 Å². The third kappa shape index (κ3) is 3.42. The van der Waals surface area contributed by atoms with Crippen LogP contribution in [0.3, 0.4) is 0 Å². The van der Waals surface area contributed by atoms with Crippen molar-refractivity contribution in [2.75, 3.05) is 7.05 Å². The fourth-order valence-electron chi connectivity index (χ4n) is 4.53. The van der Waals surface area contributed by atoms with Crippen molar-refractivity contribution in [3.05, 3.63) is 106 Å². The molecule has 27 heavy (non-hydrogen) atoms. The Morgan fingerprint density at radius 3 is 2.33 bits per heavy atom. The summed E-state index contributed by atoms with van der Waals surface area (Å²) in [7, 11) is 2.07. The number of fused-ring (bicyclic) bond motifs is 2. The van der Waals surface area contributed by atoms with Gasteiger partial charge >= 0.3 is 0 Å². The van der Waals surface area contributed by atoms with Crippen LogP contribution in [0, 0.1) is 0 Å². The third-order valence-corrected chi connectivity index (χ3v) is 6.41. The Balaban J connectivity index is 1.74. The number of rotatable bonds is 4. The maximum absolute atomic E-state index is 6.05. The molecule has 2 unspecified atom stereocenters. The molecule has 2 atom stereocenters. The van der Waals surface area contributed by atoms with Crippen molar-refractivity contribution >= 4 is 11.6 Å². The van der Waals surface area contributed by atoms with Crippen LogP contribution in [-0.4, -0.2) is 7.05 Å². The van der Waals surface area contributed by atoms with Crippen LogP contribution in [0.4, 0.5) is 0 Å². The van der Waals surface area contributed by atoms with Crippen molar-refractivity contribution in [2.45, 2.75) is 37.6 Å². The molecule has 1 nitrogen and oxygen atoms in total. The Morgan fingerprint density at radius 2 is 1.59 bits per heavy atom. The van der Waals surface area contributed by atoms with E-state index in [1.807, 2.05) is 12.1 Å². The van der Waals surface area contributed by atoms with Crippen LogP contribution >= 0.6 is 11.6 Å². The van der Waals surface area contributed by atoms with Crippen LogP contribution in [0.1, 0.15) is 47.1 Å². The average molecular weight is 376 g/mol. The lowest BCUT2D eigenvalue weighted by molar-refractivity contribution is 0.481. The molecule has 2 heteroatoms. The van der Waals surface area contributed by atoms with E-state index in [9.17, 15) is 0 Å². The third-order valence-electron chi connectivity index (χ3n) is 6.16. The molecule has 0 aromatic heterocycles. The fraction of sp³-hybridized carbons (Fsp3) is 0.280. The van der Waals surface area contributed by atoms with E-state index in [4.69, 9.17) is 11.6 Å². The smallest absolute Gasteiger partial charge is 0.0664 e. The molecular weight excluding hydrogens is 350 g/mol. The molecular formula is C25H26ClN. The summed E-state index contributed by atoms with van der Waals surface area (Å²) in [5.74, 6) is 0.508. The first-order valence-electron chi connectivity index (χ1n) is 9.73. The van der Waals surface area contributed by atoms with Crippen LogP contribution in [0.2, 0.25) is 5.02 Å². The highest BCUT2D eigenvalue weighted by Gasteiger charge is 2.36. The van der Waals surface area contributed by atoms with Crippen molar-refractivity contribution in [3.63, 3.8) is 0 Å². The topological polar surface area (TPSA) is 12.0 Å². The molecule has 0 spiro atoms. The van der Waals surface area contributed by atoms with E-state index in [1.54, 1.807) is 0 Å². The van der Waals surface area contributed by atoms with Gasteiger partial charge in [0.25, 0.3) is 0 Å². The first-order valence-corrected chi connectivity index (χ1v) is 10.1. The quantitative estimate of drug-likeness (QED) is 0.581. The Kier molecular flexibility index (Phi) is 5.08. The molecule has 0 amide bonds. The van der Waals surface area contributed by atoms with Crippen molar-refractivity contribution in [1.29, 1.82) is 0 Å². The first-order chi connectivity index (χ1) is 13.1. The number of hydrogen-bond acceptors (Lipinski definition) is 1. The van der Waals surface area contributed by atoms with E-state index in [1.165, 1.54) is 27.8 Å². The summed E-state index contributed by atoms with van der Waals surface area (Å²) in [5.41, 5.74) is 6.91. The Morgan fingerprint density at radius 1 is 0.926 bits per heavy atom. The largest absolute Gasteiger partial charge is 0.307 e. The molecule has 0 aliphatic heterocycles. The van der Waals surface area contributed by atoms with Gasteiger partial charge < -0.3 is 5.32 Å². The fourth-order valence-corrected chi connectivity index (χ4v) is 4.66. The number of halogens is 1. The van der Waals surface area contributed by atoms with E-state index < -0.39 is 0 Å². The summed E-state index contributed by atoms with van der Waals surface area (Å²) in [5, 5.41) is 4.42. The summed E-state index contributed by atoms with van der Waals surface area (Å²) in [6.07, 6.45) is 3.28. The van der Waals surface area contributed by atoms with Crippen molar-refractivity contribution in [1.82, 2.24) is 5.32 Å². The summed E-state index contributed by atoms with van der Waals surface area (Å²) in [4.78, 5) is 0. The molecule has 0 fully saturated rings. The van der Waals surface area contributed by atoms with Gasteiger partial charge in [0.05, 0.1) is 5.54 Å². The Bertz CT molecular complexity index is 931. The zero-order valence-corrected chi connectivity index (χ0v) is 16.8. The normalized spacial score (nSPS) is 21.2. The predicted octanol–water partition coefficient (Wildman–Crippen LogP) is 6.10. The minimum absolute atomic E-state index is 0.164. The van der Waals surface area contributed by atoms with Gasteiger partial charge in [-0.15, -0.1) is 0 Å². The molecule has 0 bridgehead atoms. The number of benzene rings is 3. The van der Waals surface area contributed by atoms with Gasteiger partial charge in [0.15, 0.2) is 0 Å². The SMILES string of the molecule is CNC1(C)c2ccccc2CC(CCc2ccc(Cl)cc2)c2ccccc21. The van der Waals surface area contributed by atoms with Crippen LogP contribution in [-0.2, 0) is 18.4 Å².